The van der Waals surface area contributed by atoms with E-state index in [2.05, 4.69) is 0 Å². The van der Waals surface area contributed by atoms with E-state index in [-0.39, 0.29) is 15.7 Å². The Balaban J connectivity index is 2.49. The van der Waals surface area contributed by atoms with E-state index in [1.165, 1.54) is 25.3 Å². The zero-order valence-electron chi connectivity index (χ0n) is 12.2. The molecule has 2 rings (SSSR count). The average molecular weight is 361 g/mol. The van der Waals surface area contributed by atoms with E-state index < -0.39 is 10.1 Å². The summed E-state index contributed by atoms with van der Waals surface area (Å²) in [5, 5.41) is 0.484. The molecule has 0 bridgehead atoms. The van der Waals surface area contributed by atoms with Crippen molar-refractivity contribution >= 4 is 33.3 Å². The van der Waals surface area contributed by atoms with Crippen LogP contribution in [0.4, 0.5) is 0 Å². The van der Waals surface area contributed by atoms with Crippen LogP contribution in [-0.4, -0.2) is 15.5 Å². The fourth-order valence-corrected chi connectivity index (χ4v) is 3.54. The smallest absolute Gasteiger partial charge is 0.339 e. The molecule has 7 heteroatoms. The average Bonchev–Trinajstić information content (AvgIpc) is 2.42. The molecule has 0 heterocycles. The van der Waals surface area contributed by atoms with Gasteiger partial charge in [-0.05, 0) is 37.1 Å². The summed E-state index contributed by atoms with van der Waals surface area (Å²) in [4.78, 5) is 0.0194. The van der Waals surface area contributed by atoms with Crippen LogP contribution in [0.5, 0.6) is 11.5 Å². The van der Waals surface area contributed by atoms with Crippen molar-refractivity contribution < 1.29 is 17.3 Å². The minimum atomic E-state index is -4.06. The Morgan fingerprint density at radius 2 is 1.64 bits per heavy atom. The number of benzene rings is 2. The monoisotopic (exact) mass is 360 g/mol. The Kier molecular flexibility index (Phi) is 4.90. The van der Waals surface area contributed by atoms with Gasteiger partial charge in [-0.2, -0.15) is 8.42 Å². The molecule has 4 nitrogen and oxygen atoms in total. The Morgan fingerprint density at radius 3 is 2.27 bits per heavy atom. The third-order valence-electron chi connectivity index (χ3n) is 3.05. The molecule has 2 aromatic rings. The fraction of sp³-hybridized carbons (Fsp3) is 0.200. The highest BCUT2D eigenvalue weighted by molar-refractivity contribution is 7.87. The molecule has 2 aromatic carbocycles. The highest BCUT2D eigenvalue weighted by atomic mass is 35.5. The number of ether oxygens (including phenoxy) is 1. The molecule has 0 aliphatic carbocycles. The molecule has 0 aliphatic heterocycles. The summed E-state index contributed by atoms with van der Waals surface area (Å²) in [6, 6.07) is 7.51. The number of aryl methyl sites for hydroxylation is 2. The van der Waals surface area contributed by atoms with Crippen molar-refractivity contribution in [3.8, 4) is 11.5 Å². The summed E-state index contributed by atoms with van der Waals surface area (Å²) in [5.41, 5.74) is 1.39. The van der Waals surface area contributed by atoms with Gasteiger partial charge < -0.3 is 8.92 Å². The summed E-state index contributed by atoms with van der Waals surface area (Å²) in [5.74, 6) is 0.443. The lowest BCUT2D eigenvalue weighted by molar-refractivity contribution is 0.409. The predicted molar refractivity (Wildman–Crippen MR) is 86.7 cm³/mol. The maximum absolute atomic E-state index is 12.5. The summed E-state index contributed by atoms with van der Waals surface area (Å²) in [7, 11) is -2.58. The molecule has 0 saturated heterocycles. The lowest BCUT2D eigenvalue weighted by Crippen LogP contribution is -2.12. The first-order valence-corrected chi connectivity index (χ1v) is 8.46. The first-order chi connectivity index (χ1) is 10.2. The van der Waals surface area contributed by atoms with Gasteiger partial charge in [-0.3, -0.25) is 0 Å². The van der Waals surface area contributed by atoms with Gasteiger partial charge in [0.15, 0.2) is 5.75 Å². The topological polar surface area (TPSA) is 52.6 Å². The fourth-order valence-electron chi connectivity index (χ4n) is 2.01. The van der Waals surface area contributed by atoms with Crippen molar-refractivity contribution in [2.75, 3.05) is 7.11 Å². The minimum Gasteiger partial charge on any atom is -0.496 e. The van der Waals surface area contributed by atoms with Gasteiger partial charge >= 0.3 is 10.1 Å². The maximum atomic E-state index is 12.5. The summed E-state index contributed by atoms with van der Waals surface area (Å²) in [6.45, 7) is 3.51. The largest absolute Gasteiger partial charge is 0.496 e. The van der Waals surface area contributed by atoms with Crippen LogP contribution in [0.25, 0.3) is 0 Å². The zero-order chi connectivity index (χ0) is 16.5. The number of hydrogen-bond acceptors (Lipinski definition) is 4. The molecule has 22 heavy (non-hydrogen) atoms. The van der Waals surface area contributed by atoms with Crippen LogP contribution >= 0.6 is 23.2 Å². The third kappa shape index (κ3) is 3.48. The van der Waals surface area contributed by atoms with Crippen molar-refractivity contribution in [2.24, 2.45) is 0 Å². The van der Waals surface area contributed by atoms with Gasteiger partial charge in [0.1, 0.15) is 10.6 Å². The molecule has 118 valence electrons. The molecule has 0 radical (unpaired) electrons. The van der Waals surface area contributed by atoms with Gasteiger partial charge in [-0.15, -0.1) is 0 Å². The van der Waals surface area contributed by atoms with Crippen LogP contribution in [0.1, 0.15) is 11.1 Å². The number of rotatable bonds is 4. The lowest BCUT2D eigenvalue weighted by atomic mass is 10.1. The number of halogens is 2. The number of hydrogen-bond donors (Lipinski definition) is 0. The van der Waals surface area contributed by atoms with E-state index >= 15 is 0 Å². The second-order valence-electron chi connectivity index (χ2n) is 4.70. The van der Waals surface area contributed by atoms with E-state index in [4.69, 9.17) is 32.1 Å². The standard InChI is InChI=1S/C15H14Cl2O4S/c1-9-6-10(2)15(8-13(9)20-3)22(18,19)21-14-7-11(16)4-5-12(14)17/h4-8H,1-3H3. The van der Waals surface area contributed by atoms with Gasteiger partial charge in [-0.1, -0.05) is 29.3 Å². The minimum absolute atomic E-state index is 0.0194. The van der Waals surface area contributed by atoms with Crippen LogP contribution < -0.4 is 8.92 Å². The molecular weight excluding hydrogens is 347 g/mol. The van der Waals surface area contributed by atoms with Gasteiger partial charge in [0.05, 0.1) is 12.1 Å². The second-order valence-corrected chi connectivity index (χ2v) is 7.06. The molecule has 0 aliphatic rings. The molecule has 0 atom stereocenters. The summed E-state index contributed by atoms with van der Waals surface area (Å²) >= 11 is 11.8. The number of methoxy groups -OCH3 is 1. The Bertz CT molecular complexity index is 817. The van der Waals surface area contributed by atoms with Crippen molar-refractivity contribution in [2.45, 2.75) is 18.7 Å². The van der Waals surface area contributed by atoms with Gasteiger partial charge in [0, 0.05) is 17.2 Å². The van der Waals surface area contributed by atoms with E-state index in [0.29, 0.717) is 16.3 Å². The quantitative estimate of drug-likeness (QED) is 0.758. The maximum Gasteiger partial charge on any atom is 0.339 e. The van der Waals surface area contributed by atoms with E-state index in [1.807, 2.05) is 6.92 Å². The van der Waals surface area contributed by atoms with Crippen molar-refractivity contribution in [1.82, 2.24) is 0 Å². The molecule has 0 amide bonds. The zero-order valence-corrected chi connectivity index (χ0v) is 14.5. The molecule has 0 unspecified atom stereocenters. The SMILES string of the molecule is COc1cc(S(=O)(=O)Oc2cc(Cl)ccc2Cl)c(C)cc1C. The van der Waals surface area contributed by atoms with Crippen LogP contribution in [-0.2, 0) is 10.1 Å². The molecule has 0 fully saturated rings. The molecule has 0 aromatic heterocycles. The molecule has 0 N–H and O–H groups in total. The first-order valence-electron chi connectivity index (χ1n) is 6.29. The van der Waals surface area contributed by atoms with Crippen LogP contribution in [0.2, 0.25) is 10.0 Å². The van der Waals surface area contributed by atoms with Crippen LogP contribution in [0, 0.1) is 13.8 Å². The highest BCUT2D eigenvalue weighted by Crippen LogP contribution is 2.32. The third-order valence-corrected chi connectivity index (χ3v) is 4.98. The first kappa shape index (κ1) is 16.9. The summed E-state index contributed by atoms with van der Waals surface area (Å²) in [6.07, 6.45) is 0. The Hall–Kier alpha value is -1.43. The Labute approximate surface area is 139 Å². The molecular formula is C15H14Cl2O4S. The molecule has 0 saturated carbocycles. The van der Waals surface area contributed by atoms with E-state index in [1.54, 1.807) is 19.1 Å². The summed E-state index contributed by atoms with van der Waals surface area (Å²) < 4.78 is 35.3. The second kappa shape index (κ2) is 6.36. The van der Waals surface area contributed by atoms with Crippen molar-refractivity contribution in [3.05, 3.63) is 51.5 Å². The van der Waals surface area contributed by atoms with E-state index in [9.17, 15) is 8.42 Å². The predicted octanol–water partition coefficient (Wildman–Crippen LogP) is 4.39. The highest BCUT2D eigenvalue weighted by Gasteiger charge is 2.22. The van der Waals surface area contributed by atoms with Crippen LogP contribution in [0.3, 0.4) is 0 Å². The van der Waals surface area contributed by atoms with Gasteiger partial charge in [0.2, 0.25) is 0 Å². The normalized spacial score (nSPS) is 11.3. The van der Waals surface area contributed by atoms with E-state index in [0.717, 1.165) is 5.56 Å². The van der Waals surface area contributed by atoms with Crippen molar-refractivity contribution in [1.29, 1.82) is 0 Å². The molecule has 0 spiro atoms. The van der Waals surface area contributed by atoms with Gasteiger partial charge in [-0.25, -0.2) is 0 Å². The van der Waals surface area contributed by atoms with Gasteiger partial charge in [0.25, 0.3) is 0 Å². The van der Waals surface area contributed by atoms with Crippen molar-refractivity contribution in [3.63, 3.8) is 0 Å². The lowest BCUT2D eigenvalue weighted by Gasteiger charge is -2.13. The van der Waals surface area contributed by atoms with Crippen LogP contribution in [0.15, 0.2) is 35.2 Å². The Morgan fingerprint density at radius 1 is 0.955 bits per heavy atom.